The second-order valence-corrected chi connectivity index (χ2v) is 6.57. The normalized spacial score (nSPS) is 22.2. The van der Waals surface area contributed by atoms with E-state index < -0.39 is 17.5 Å². The molecule has 21 heavy (non-hydrogen) atoms. The fourth-order valence-corrected chi connectivity index (χ4v) is 3.08. The van der Waals surface area contributed by atoms with E-state index in [9.17, 15) is 14.7 Å². The molecule has 0 saturated carbocycles. The summed E-state index contributed by atoms with van der Waals surface area (Å²) in [5, 5.41) is 17.2. The van der Waals surface area contributed by atoms with Gasteiger partial charge in [0.1, 0.15) is 11.3 Å². The number of imide groups is 1. The highest BCUT2D eigenvalue weighted by Crippen LogP contribution is 2.31. The van der Waals surface area contributed by atoms with Crippen molar-refractivity contribution in [3.63, 3.8) is 0 Å². The summed E-state index contributed by atoms with van der Waals surface area (Å²) in [4.78, 5) is 24.0. The molecule has 3 amide bonds. The van der Waals surface area contributed by atoms with Crippen LogP contribution in [-0.2, 0) is 4.79 Å². The summed E-state index contributed by atoms with van der Waals surface area (Å²) in [6.45, 7) is 3.46. The number of hydrazone groups is 1. The van der Waals surface area contributed by atoms with Gasteiger partial charge in [-0.1, -0.05) is 22.9 Å². The Hall–Kier alpha value is -1.41. The molecule has 2 rings (SSSR count). The number of nitrogens with zero attached hydrogens (tertiary/aromatic N) is 2. The van der Waals surface area contributed by atoms with Crippen LogP contribution < -0.4 is 5.32 Å². The van der Waals surface area contributed by atoms with Gasteiger partial charge in [0.2, 0.25) is 0 Å². The molecule has 0 aromatic heterocycles. The quantitative estimate of drug-likeness (QED) is 0.584. The Morgan fingerprint density at radius 2 is 2.10 bits per heavy atom. The summed E-state index contributed by atoms with van der Waals surface area (Å²) in [6.07, 6.45) is 1.74. The molecular weight excluding hydrogens is 406 g/mol. The Morgan fingerprint density at radius 1 is 1.43 bits per heavy atom. The SMILES string of the molecule is CCC1(C)NC(=O)N(/N=C/c2cc(Br)cc(Br)c2O)C1=O. The van der Waals surface area contributed by atoms with Crippen molar-refractivity contribution in [3.05, 3.63) is 26.6 Å². The Balaban J connectivity index is 2.30. The zero-order valence-electron chi connectivity index (χ0n) is 11.4. The highest BCUT2D eigenvalue weighted by molar-refractivity contribution is 9.11. The van der Waals surface area contributed by atoms with Gasteiger partial charge in [-0.3, -0.25) is 4.79 Å². The maximum Gasteiger partial charge on any atom is 0.346 e. The molecule has 0 radical (unpaired) electrons. The minimum absolute atomic E-state index is 0.0211. The van der Waals surface area contributed by atoms with E-state index >= 15 is 0 Å². The third-order valence-electron chi connectivity index (χ3n) is 3.32. The van der Waals surface area contributed by atoms with Gasteiger partial charge in [-0.15, -0.1) is 5.01 Å². The summed E-state index contributed by atoms with van der Waals surface area (Å²) in [6, 6.07) is 2.73. The number of halogens is 2. The van der Waals surface area contributed by atoms with Crippen molar-refractivity contribution in [1.29, 1.82) is 0 Å². The fraction of sp³-hybridized carbons (Fsp3) is 0.308. The summed E-state index contributed by atoms with van der Waals surface area (Å²) in [5.74, 6) is -0.438. The smallest absolute Gasteiger partial charge is 0.346 e. The Morgan fingerprint density at radius 3 is 2.67 bits per heavy atom. The molecule has 1 fully saturated rings. The molecule has 0 aliphatic carbocycles. The topological polar surface area (TPSA) is 82.0 Å². The lowest BCUT2D eigenvalue weighted by Crippen LogP contribution is -2.42. The van der Waals surface area contributed by atoms with Gasteiger partial charge in [-0.05, 0) is 41.4 Å². The van der Waals surface area contributed by atoms with Crippen LogP contribution in [0.25, 0.3) is 0 Å². The Kier molecular flexibility index (Phi) is 4.38. The minimum atomic E-state index is -0.936. The molecule has 1 aliphatic rings. The number of urea groups is 1. The van der Waals surface area contributed by atoms with Gasteiger partial charge >= 0.3 is 6.03 Å². The lowest BCUT2D eigenvalue weighted by Gasteiger charge is -2.17. The van der Waals surface area contributed by atoms with E-state index in [1.807, 2.05) is 6.92 Å². The third kappa shape index (κ3) is 2.96. The van der Waals surface area contributed by atoms with Crippen LogP contribution in [0.5, 0.6) is 5.75 Å². The number of aromatic hydroxyl groups is 1. The number of amides is 3. The number of phenols is 1. The van der Waals surface area contributed by atoms with Crippen molar-refractivity contribution in [3.8, 4) is 5.75 Å². The molecule has 1 aliphatic heterocycles. The molecule has 8 heteroatoms. The number of phenolic OH excluding ortho intramolecular Hbond substituents is 1. The van der Waals surface area contributed by atoms with Gasteiger partial charge in [0, 0.05) is 10.0 Å². The first-order valence-electron chi connectivity index (χ1n) is 6.17. The molecule has 1 saturated heterocycles. The first kappa shape index (κ1) is 16.0. The van der Waals surface area contributed by atoms with E-state index in [4.69, 9.17) is 0 Å². The zero-order valence-corrected chi connectivity index (χ0v) is 14.5. The van der Waals surface area contributed by atoms with Crippen LogP contribution in [0.15, 0.2) is 26.2 Å². The van der Waals surface area contributed by atoms with Crippen molar-refractivity contribution >= 4 is 50.0 Å². The van der Waals surface area contributed by atoms with Gasteiger partial charge in [-0.25, -0.2) is 4.79 Å². The van der Waals surface area contributed by atoms with E-state index in [2.05, 4.69) is 42.3 Å². The van der Waals surface area contributed by atoms with Crippen molar-refractivity contribution in [2.45, 2.75) is 25.8 Å². The van der Waals surface area contributed by atoms with Crippen LogP contribution in [0.4, 0.5) is 4.79 Å². The molecule has 1 aromatic rings. The lowest BCUT2D eigenvalue weighted by molar-refractivity contribution is -0.130. The Bertz CT molecular complexity index is 648. The highest BCUT2D eigenvalue weighted by Gasteiger charge is 2.46. The first-order chi connectivity index (χ1) is 9.78. The number of hydrogen-bond acceptors (Lipinski definition) is 4. The molecule has 0 bridgehead atoms. The van der Waals surface area contributed by atoms with Gasteiger partial charge in [0.25, 0.3) is 5.91 Å². The maximum atomic E-state index is 12.2. The maximum absolute atomic E-state index is 12.2. The average molecular weight is 419 g/mol. The van der Waals surface area contributed by atoms with Gasteiger partial charge < -0.3 is 10.4 Å². The second-order valence-electron chi connectivity index (χ2n) is 4.80. The van der Waals surface area contributed by atoms with Crippen LogP contribution >= 0.6 is 31.9 Å². The molecule has 2 N–H and O–H groups in total. The minimum Gasteiger partial charge on any atom is -0.506 e. The van der Waals surface area contributed by atoms with Crippen LogP contribution in [0.2, 0.25) is 0 Å². The second kappa shape index (κ2) is 5.76. The van der Waals surface area contributed by atoms with Gasteiger partial charge in [0.15, 0.2) is 0 Å². The van der Waals surface area contributed by atoms with Crippen LogP contribution in [0, 0.1) is 0 Å². The number of hydrogen-bond donors (Lipinski definition) is 2. The third-order valence-corrected chi connectivity index (χ3v) is 4.38. The molecule has 1 aromatic carbocycles. The predicted molar refractivity (Wildman–Crippen MR) is 85.2 cm³/mol. The monoisotopic (exact) mass is 417 g/mol. The molecular formula is C13H13Br2N3O3. The number of rotatable bonds is 3. The molecule has 1 heterocycles. The first-order valence-corrected chi connectivity index (χ1v) is 7.76. The number of carbonyl (C=O) groups excluding carboxylic acids is 2. The lowest BCUT2D eigenvalue weighted by atomic mass is 10.00. The van der Waals surface area contributed by atoms with E-state index in [0.29, 0.717) is 16.5 Å². The van der Waals surface area contributed by atoms with E-state index in [-0.39, 0.29) is 5.75 Å². The summed E-state index contributed by atoms with van der Waals surface area (Å²) >= 11 is 6.49. The highest BCUT2D eigenvalue weighted by atomic mass is 79.9. The van der Waals surface area contributed by atoms with Gasteiger partial charge in [0.05, 0.1) is 10.7 Å². The summed E-state index contributed by atoms with van der Waals surface area (Å²) in [5.41, 5.74) is -0.559. The largest absolute Gasteiger partial charge is 0.506 e. The van der Waals surface area contributed by atoms with Crippen LogP contribution in [0.1, 0.15) is 25.8 Å². The number of nitrogens with one attached hydrogen (secondary N) is 1. The molecule has 0 spiro atoms. The number of carbonyl (C=O) groups is 2. The Labute approximate surface area is 138 Å². The van der Waals surface area contributed by atoms with Crippen molar-refractivity contribution in [1.82, 2.24) is 10.3 Å². The van der Waals surface area contributed by atoms with Crippen LogP contribution in [-0.4, -0.2) is 33.8 Å². The zero-order chi connectivity index (χ0) is 15.8. The fourth-order valence-electron chi connectivity index (χ4n) is 1.82. The standard InChI is InChI=1S/C13H13Br2N3O3/c1-3-13(2)11(20)18(12(21)17-13)16-6-7-4-8(14)5-9(15)10(7)19/h4-6,19H,3H2,1-2H3,(H,17,21)/b16-6+. The van der Waals surface area contributed by atoms with Crippen molar-refractivity contribution < 1.29 is 14.7 Å². The molecule has 6 nitrogen and oxygen atoms in total. The van der Waals surface area contributed by atoms with Crippen LogP contribution in [0.3, 0.4) is 0 Å². The van der Waals surface area contributed by atoms with Gasteiger partial charge in [-0.2, -0.15) is 5.10 Å². The average Bonchev–Trinajstić information content (AvgIpc) is 2.64. The number of benzene rings is 1. The van der Waals surface area contributed by atoms with Crippen molar-refractivity contribution in [2.75, 3.05) is 0 Å². The van der Waals surface area contributed by atoms with Crippen molar-refractivity contribution in [2.24, 2.45) is 5.10 Å². The molecule has 112 valence electrons. The van der Waals surface area contributed by atoms with E-state index in [0.717, 1.165) is 9.48 Å². The predicted octanol–water partition coefficient (Wildman–Crippen LogP) is 2.97. The van der Waals surface area contributed by atoms with E-state index in [1.54, 1.807) is 19.1 Å². The van der Waals surface area contributed by atoms with E-state index in [1.165, 1.54) is 6.21 Å². The molecule has 1 unspecified atom stereocenters. The molecule has 1 atom stereocenters. The summed E-state index contributed by atoms with van der Waals surface area (Å²) < 4.78 is 1.21. The summed E-state index contributed by atoms with van der Waals surface area (Å²) in [7, 11) is 0.